The molecule has 2 rings (SSSR count). The summed E-state index contributed by atoms with van der Waals surface area (Å²) in [7, 11) is 1.39. The number of methoxy groups -OCH3 is 1. The quantitative estimate of drug-likeness (QED) is 0.508. The SMILES string of the molecule is CCc1ccc(OCCCC(=O)N2CCCC(C(=O)OC)C2)c(Br)c1. The maximum absolute atomic E-state index is 12.3. The van der Waals surface area contributed by atoms with E-state index in [0.29, 0.717) is 26.0 Å². The number of halogens is 1. The van der Waals surface area contributed by atoms with Crippen LogP contribution < -0.4 is 4.74 Å². The summed E-state index contributed by atoms with van der Waals surface area (Å²) >= 11 is 3.51. The molecule has 1 fully saturated rings. The van der Waals surface area contributed by atoms with Crippen molar-refractivity contribution in [3.63, 3.8) is 0 Å². The number of esters is 1. The Hall–Kier alpha value is -1.56. The first kappa shape index (κ1) is 19.8. The van der Waals surface area contributed by atoms with E-state index in [1.54, 1.807) is 4.90 Å². The van der Waals surface area contributed by atoms with Gasteiger partial charge in [0.2, 0.25) is 5.91 Å². The molecule has 1 atom stereocenters. The van der Waals surface area contributed by atoms with E-state index in [0.717, 1.165) is 36.0 Å². The van der Waals surface area contributed by atoms with E-state index in [1.807, 2.05) is 12.1 Å². The normalized spacial score (nSPS) is 17.2. The molecule has 0 spiro atoms. The third kappa shape index (κ3) is 5.73. The van der Waals surface area contributed by atoms with Crippen molar-refractivity contribution in [3.8, 4) is 5.75 Å². The molecule has 1 aliphatic rings. The van der Waals surface area contributed by atoms with Gasteiger partial charge in [0.15, 0.2) is 0 Å². The zero-order valence-corrected chi connectivity index (χ0v) is 16.5. The zero-order chi connectivity index (χ0) is 18.2. The van der Waals surface area contributed by atoms with Crippen molar-refractivity contribution >= 4 is 27.8 Å². The number of hydrogen-bond acceptors (Lipinski definition) is 4. The van der Waals surface area contributed by atoms with Crippen LogP contribution >= 0.6 is 15.9 Å². The van der Waals surface area contributed by atoms with Gasteiger partial charge in [0, 0.05) is 19.5 Å². The van der Waals surface area contributed by atoms with Crippen molar-refractivity contribution in [2.24, 2.45) is 5.92 Å². The van der Waals surface area contributed by atoms with Gasteiger partial charge in [-0.1, -0.05) is 13.0 Å². The largest absolute Gasteiger partial charge is 0.492 e. The highest BCUT2D eigenvalue weighted by atomic mass is 79.9. The number of nitrogens with zero attached hydrogens (tertiary/aromatic N) is 1. The third-order valence-corrected chi connectivity index (χ3v) is 5.13. The van der Waals surface area contributed by atoms with E-state index < -0.39 is 0 Å². The summed E-state index contributed by atoms with van der Waals surface area (Å²) in [5.41, 5.74) is 1.25. The Bertz CT molecular complexity index is 605. The van der Waals surface area contributed by atoms with Gasteiger partial charge in [-0.3, -0.25) is 9.59 Å². The Balaban J connectivity index is 1.74. The van der Waals surface area contributed by atoms with Gasteiger partial charge in [-0.25, -0.2) is 0 Å². The van der Waals surface area contributed by atoms with E-state index in [9.17, 15) is 9.59 Å². The standard InChI is InChI=1S/C19H26BrNO4/c1-3-14-8-9-17(16(20)12-14)25-11-5-7-18(22)21-10-4-6-15(13-21)19(23)24-2/h8-9,12,15H,3-7,10-11,13H2,1-2H3. The Morgan fingerprint density at radius 2 is 2.16 bits per heavy atom. The molecule has 1 heterocycles. The van der Waals surface area contributed by atoms with Gasteiger partial charge in [0.05, 0.1) is 24.1 Å². The summed E-state index contributed by atoms with van der Waals surface area (Å²) in [5.74, 6) is 0.471. The summed E-state index contributed by atoms with van der Waals surface area (Å²) < 4.78 is 11.5. The van der Waals surface area contributed by atoms with Crippen molar-refractivity contribution in [1.82, 2.24) is 4.90 Å². The van der Waals surface area contributed by atoms with E-state index in [-0.39, 0.29) is 17.8 Å². The molecule has 6 heteroatoms. The first-order chi connectivity index (χ1) is 12.0. The number of amides is 1. The predicted octanol–water partition coefficient (Wildman–Crippen LogP) is 3.58. The smallest absolute Gasteiger partial charge is 0.310 e. The molecular formula is C19H26BrNO4. The highest BCUT2D eigenvalue weighted by Gasteiger charge is 2.28. The zero-order valence-electron chi connectivity index (χ0n) is 14.9. The number of carbonyl (C=O) groups excluding carboxylic acids is 2. The molecule has 25 heavy (non-hydrogen) atoms. The van der Waals surface area contributed by atoms with Crippen molar-refractivity contribution in [2.45, 2.75) is 39.0 Å². The second-order valence-electron chi connectivity index (χ2n) is 6.27. The van der Waals surface area contributed by atoms with Gasteiger partial charge in [-0.2, -0.15) is 0 Å². The number of rotatable bonds is 7. The molecular weight excluding hydrogens is 386 g/mol. The van der Waals surface area contributed by atoms with Crippen LogP contribution in [0.5, 0.6) is 5.75 Å². The lowest BCUT2D eigenvalue weighted by Gasteiger charge is -2.31. The minimum Gasteiger partial charge on any atom is -0.492 e. The number of carbonyl (C=O) groups is 2. The molecule has 0 aromatic heterocycles. The highest BCUT2D eigenvalue weighted by molar-refractivity contribution is 9.10. The second kappa shape index (κ2) is 9.80. The van der Waals surface area contributed by atoms with E-state index >= 15 is 0 Å². The molecule has 1 saturated heterocycles. The summed E-state index contributed by atoms with van der Waals surface area (Å²) in [6.45, 7) is 3.79. The fourth-order valence-electron chi connectivity index (χ4n) is 3.01. The van der Waals surface area contributed by atoms with Gasteiger partial charge in [-0.15, -0.1) is 0 Å². The maximum atomic E-state index is 12.3. The monoisotopic (exact) mass is 411 g/mol. The van der Waals surface area contributed by atoms with Gasteiger partial charge in [-0.05, 0) is 59.3 Å². The van der Waals surface area contributed by atoms with Crippen molar-refractivity contribution in [3.05, 3.63) is 28.2 Å². The van der Waals surface area contributed by atoms with E-state index in [4.69, 9.17) is 9.47 Å². The Morgan fingerprint density at radius 1 is 1.36 bits per heavy atom. The van der Waals surface area contributed by atoms with Gasteiger partial charge < -0.3 is 14.4 Å². The molecule has 1 aromatic carbocycles. The first-order valence-electron chi connectivity index (χ1n) is 8.82. The molecule has 0 saturated carbocycles. The minimum absolute atomic E-state index is 0.0811. The van der Waals surface area contributed by atoms with Crippen LogP contribution in [0, 0.1) is 5.92 Å². The average molecular weight is 412 g/mol. The molecule has 0 N–H and O–H groups in total. The van der Waals surface area contributed by atoms with Crippen LogP contribution in [0.15, 0.2) is 22.7 Å². The van der Waals surface area contributed by atoms with Crippen molar-refractivity contribution < 1.29 is 19.1 Å². The number of aryl methyl sites for hydroxylation is 1. The topological polar surface area (TPSA) is 55.8 Å². The first-order valence-corrected chi connectivity index (χ1v) is 9.61. The molecule has 5 nitrogen and oxygen atoms in total. The number of benzene rings is 1. The maximum Gasteiger partial charge on any atom is 0.310 e. The van der Waals surface area contributed by atoms with E-state index in [1.165, 1.54) is 12.7 Å². The van der Waals surface area contributed by atoms with Crippen LogP contribution in [0.25, 0.3) is 0 Å². The molecule has 138 valence electrons. The van der Waals surface area contributed by atoms with Crippen LogP contribution in [0.4, 0.5) is 0 Å². The molecule has 1 unspecified atom stereocenters. The lowest BCUT2D eigenvalue weighted by molar-refractivity contribution is -0.149. The molecule has 0 radical (unpaired) electrons. The van der Waals surface area contributed by atoms with Gasteiger partial charge >= 0.3 is 5.97 Å². The lowest BCUT2D eigenvalue weighted by atomic mass is 9.98. The van der Waals surface area contributed by atoms with Crippen LogP contribution in [0.2, 0.25) is 0 Å². The van der Waals surface area contributed by atoms with Gasteiger partial charge in [0.1, 0.15) is 5.75 Å². The molecule has 0 bridgehead atoms. The van der Waals surface area contributed by atoms with Crippen LogP contribution in [0.1, 0.15) is 38.2 Å². The minimum atomic E-state index is -0.221. The Labute approximate surface area is 157 Å². The molecule has 1 aromatic rings. The Morgan fingerprint density at radius 3 is 2.84 bits per heavy atom. The Kier molecular flexibility index (Phi) is 7.75. The average Bonchev–Trinajstić information content (AvgIpc) is 2.65. The fourth-order valence-corrected chi connectivity index (χ4v) is 3.55. The number of hydrogen-bond donors (Lipinski definition) is 0. The van der Waals surface area contributed by atoms with Crippen molar-refractivity contribution in [2.75, 3.05) is 26.8 Å². The summed E-state index contributed by atoms with van der Waals surface area (Å²) in [6.07, 6.45) is 3.70. The number of piperidine rings is 1. The molecule has 1 amide bonds. The van der Waals surface area contributed by atoms with Crippen LogP contribution in [0.3, 0.4) is 0 Å². The second-order valence-corrected chi connectivity index (χ2v) is 7.13. The fraction of sp³-hybridized carbons (Fsp3) is 0.579. The van der Waals surface area contributed by atoms with E-state index in [2.05, 4.69) is 28.9 Å². The highest BCUT2D eigenvalue weighted by Crippen LogP contribution is 2.26. The predicted molar refractivity (Wildman–Crippen MR) is 99.6 cm³/mol. The lowest BCUT2D eigenvalue weighted by Crippen LogP contribution is -2.42. The molecule has 1 aliphatic heterocycles. The number of likely N-dealkylation sites (tertiary alicyclic amines) is 1. The summed E-state index contributed by atoms with van der Waals surface area (Å²) in [4.78, 5) is 25.7. The number of ether oxygens (including phenoxy) is 2. The van der Waals surface area contributed by atoms with Crippen molar-refractivity contribution in [1.29, 1.82) is 0 Å². The van der Waals surface area contributed by atoms with Gasteiger partial charge in [0.25, 0.3) is 0 Å². The van der Waals surface area contributed by atoms with Crippen LogP contribution in [-0.4, -0.2) is 43.6 Å². The molecule has 0 aliphatic carbocycles. The summed E-state index contributed by atoms with van der Waals surface area (Å²) in [5, 5.41) is 0. The third-order valence-electron chi connectivity index (χ3n) is 4.51. The van der Waals surface area contributed by atoms with Crippen LogP contribution in [-0.2, 0) is 20.7 Å². The summed E-state index contributed by atoms with van der Waals surface area (Å²) in [6, 6.07) is 6.06.